The third-order valence-electron chi connectivity index (χ3n) is 4.92. The molecule has 0 atom stereocenters. The Morgan fingerprint density at radius 1 is 1.00 bits per heavy atom. The van der Waals surface area contributed by atoms with Gasteiger partial charge in [-0.15, -0.1) is 0 Å². The van der Waals surface area contributed by atoms with E-state index in [0.29, 0.717) is 19.5 Å². The standard InChI is InChI=1S/C21H27N5O2/c1-3-5-20(27)23-18-6-4-7-19(16(18)2)24-21(28)26-14-12-25(13-15-26)17-8-10-22-11-9-17/h4,6-11H,3,5,12-15H2,1-2H3,(H,23,27)(H,24,28). The molecule has 2 heterocycles. The van der Waals surface area contributed by atoms with Gasteiger partial charge in [-0.1, -0.05) is 13.0 Å². The number of hydrogen-bond donors (Lipinski definition) is 2. The Kier molecular flexibility index (Phi) is 6.47. The van der Waals surface area contributed by atoms with Crippen LogP contribution in [0.4, 0.5) is 21.9 Å². The third-order valence-corrected chi connectivity index (χ3v) is 4.92. The van der Waals surface area contributed by atoms with Crippen molar-refractivity contribution in [2.45, 2.75) is 26.7 Å². The predicted molar refractivity (Wildman–Crippen MR) is 112 cm³/mol. The summed E-state index contributed by atoms with van der Waals surface area (Å²) in [5.41, 5.74) is 3.44. The molecule has 3 amide bonds. The van der Waals surface area contributed by atoms with Crippen molar-refractivity contribution in [1.82, 2.24) is 9.88 Å². The molecule has 148 valence electrons. The summed E-state index contributed by atoms with van der Waals surface area (Å²) in [6.07, 6.45) is 4.84. The van der Waals surface area contributed by atoms with E-state index in [4.69, 9.17) is 0 Å². The van der Waals surface area contributed by atoms with Gasteiger partial charge in [-0.05, 0) is 43.2 Å². The Morgan fingerprint density at radius 3 is 2.29 bits per heavy atom. The van der Waals surface area contributed by atoms with Gasteiger partial charge < -0.3 is 20.4 Å². The van der Waals surface area contributed by atoms with Crippen molar-refractivity contribution >= 4 is 29.0 Å². The lowest BCUT2D eigenvalue weighted by atomic mass is 10.1. The number of anilines is 3. The van der Waals surface area contributed by atoms with Crippen molar-refractivity contribution in [3.05, 3.63) is 48.3 Å². The van der Waals surface area contributed by atoms with Gasteiger partial charge in [0.1, 0.15) is 0 Å². The number of aromatic nitrogens is 1. The van der Waals surface area contributed by atoms with Crippen LogP contribution in [0.5, 0.6) is 0 Å². The van der Waals surface area contributed by atoms with Crippen LogP contribution in [0.15, 0.2) is 42.7 Å². The van der Waals surface area contributed by atoms with E-state index in [1.54, 1.807) is 12.4 Å². The van der Waals surface area contributed by atoms with E-state index in [0.717, 1.165) is 42.1 Å². The lowest BCUT2D eigenvalue weighted by Crippen LogP contribution is -2.50. The molecule has 0 spiro atoms. The number of nitrogens with one attached hydrogen (secondary N) is 2. The maximum Gasteiger partial charge on any atom is 0.321 e. The van der Waals surface area contributed by atoms with Crippen LogP contribution in [0, 0.1) is 6.92 Å². The van der Waals surface area contributed by atoms with Crippen LogP contribution in [-0.2, 0) is 4.79 Å². The van der Waals surface area contributed by atoms with Crippen LogP contribution < -0.4 is 15.5 Å². The summed E-state index contributed by atoms with van der Waals surface area (Å²) < 4.78 is 0. The van der Waals surface area contributed by atoms with Crippen molar-refractivity contribution in [2.75, 3.05) is 41.7 Å². The van der Waals surface area contributed by atoms with E-state index in [2.05, 4.69) is 20.5 Å². The van der Waals surface area contributed by atoms with Gasteiger partial charge in [-0.25, -0.2) is 4.79 Å². The smallest absolute Gasteiger partial charge is 0.321 e. The zero-order valence-electron chi connectivity index (χ0n) is 16.4. The number of carbonyl (C=O) groups excluding carboxylic acids is 2. The zero-order valence-corrected chi connectivity index (χ0v) is 16.4. The fourth-order valence-corrected chi connectivity index (χ4v) is 3.26. The van der Waals surface area contributed by atoms with Crippen molar-refractivity contribution in [2.24, 2.45) is 0 Å². The Bertz CT molecular complexity index is 817. The lowest BCUT2D eigenvalue weighted by Gasteiger charge is -2.36. The number of urea groups is 1. The SMILES string of the molecule is CCCC(=O)Nc1cccc(NC(=O)N2CCN(c3ccncc3)CC2)c1C. The molecule has 0 radical (unpaired) electrons. The molecule has 0 saturated carbocycles. The van der Waals surface area contributed by atoms with Crippen molar-refractivity contribution in [1.29, 1.82) is 0 Å². The van der Waals surface area contributed by atoms with Crippen LogP contribution in [0.2, 0.25) is 0 Å². The largest absolute Gasteiger partial charge is 0.368 e. The highest BCUT2D eigenvalue weighted by Crippen LogP contribution is 2.24. The molecule has 1 saturated heterocycles. The first-order valence-electron chi connectivity index (χ1n) is 9.69. The number of amides is 3. The molecule has 3 rings (SSSR count). The van der Waals surface area contributed by atoms with Gasteiger partial charge in [-0.2, -0.15) is 0 Å². The fourth-order valence-electron chi connectivity index (χ4n) is 3.26. The third kappa shape index (κ3) is 4.79. The molecular formula is C21H27N5O2. The lowest BCUT2D eigenvalue weighted by molar-refractivity contribution is -0.116. The van der Waals surface area contributed by atoms with Crippen molar-refractivity contribution in [3.63, 3.8) is 0 Å². The van der Waals surface area contributed by atoms with E-state index in [1.165, 1.54) is 0 Å². The van der Waals surface area contributed by atoms with Gasteiger partial charge in [0.05, 0.1) is 0 Å². The maximum atomic E-state index is 12.7. The molecule has 1 aromatic carbocycles. The summed E-state index contributed by atoms with van der Waals surface area (Å²) in [5, 5.41) is 5.90. The van der Waals surface area contributed by atoms with Crippen molar-refractivity contribution < 1.29 is 9.59 Å². The second-order valence-corrected chi connectivity index (χ2v) is 6.89. The molecule has 7 heteroatoms. The first kappa shape index (κ1) is 19.7. The van der Waals surface area contributed by atoms with Crippen LogP contribution >= 0.6 is 0 Å². The summed E-state index contributed by atoms with van der Waals surface area (Å²) in [4.78, 5) is 32.7. The average Bonchev–Trinajstić information content (AvgIpc) is 2.72. The molecule has 1 aliphatic rings. The van der Waals surface area contributed by atoms with E-state index < -0.39 is 0 Å². The van der Waals surface area contributed by atoms with E-state index in [9.17, 15) is 9.59 Å². The minimum atomic E-state index is -0.116. The van der Waals surface area contributed by atoms with Crippen LogP contribution in [0.1, 0.15) is 25.3 Å². The minimum absolute atomic E-state index is 0.0127. The highest BCUT2D eigenvalue weighted by Gasteiger charge is 2.22. The number of carbonyl (C=O) groups is 2. The summed E-state index contributed by atoms with van der Waals surface area (Å²) in [7, 11) is 0. The van der Waals surface area contributed by atoms with Gasteiger partial charge in [-0.3, -0.25) is 9.78 Å². The van der Waals surface area contributed by atoms with Gasteiger partial charge in [0.25, 0.3) is 0 Å². The van der Waals surface area contributed by atoms with E-state index in [-0.39, 0.29) is 11.9 Å². The Hall–Kier alpha value is -3.09. The number of hydrogen-bond acceptors (Lipinski definition) is 4. The van der Waals surface area contributed by atoms with Crippen LogP contribution in [0.3, 0.4) is 0 Å². The van der Waals surface area contributed by atoms with Gasteiger partial charge >= 0.3 is 6.03 Å². The Labute approximate surface area is 165 Å². The maximum absolute atomic E-state index is 12.7. The van der Waals surface area contributed by atoms with Crippen LogP contribution in [-0.4, -0.2) is 48.0 Å². The minimum Gasteiger partial charge on any atom is -0.368 e. The first-order chi connectivity index (χ1) is 13.6. The number of rotatable bonds is 5. The zero-order chi connectivity index (χ0) is 19.9. The second kappa shape index (κ2) is 9.21. The van der Waals surface area contributed by atoms with Gasteiger partial charge in [0.15, 0.2) is 0 Å². The number of benzene rings is 1. The molecule has 2 aromatic rings. The molecule has 0 aliphatic carbocycles. The topological polar surface area (TPSA) is 77.6 Å². The molecule has 0 bridgehead atoms. The van der Waals surface area contributed by atoms with Gasteiger partial charge in [0, 0.05) is 62.1 Å². The molecule has 0 unspecified atom stereocenters. The molecule has 28 heavy (non-hydrogen) atoms. The quantitative estimate of drug-likeness (QED) is 0.831. The molecule has 7 nitrogen and oxygen atoms in total. The normalized spacial score (nSPS) is 13.9. The molecule has 1 aliphatic heterocycles. The number of piperazine rings is 1. The monoisotopic (exact) mass is 381 g/mol. The predicted octanol–water partition coefficient (Wildman–Crippen LogP) is 3.48. The molecule has 1 aromatic heterocycles. The highest BCUT2D eigenvalue weighted by atomic mass is 16.2. The summed E-state index contributed by atoms with van der Waals surface area (Å²) in [5.74, 6) is -0.0127. The van der Waals surface area contributed by atoms with E-state index in [1.807, 2.05) is 49.1 Å². The molecular weight excluding hydrogens is 354 g/mol. The second-order valence-electron chi connectivity index (χ2n) is 6.89. The van der Waals surface area contributed by atoms with E-state index >= 15 is 0 Å². The number of pyridine rings is 1. The molecule has 2 N–H and O–H groups in total. The average molecular weight is 381 g/mol. The summed E-state index contributed by atoms with van der Waals surface area (Å²) >= 11 is 0. The van der Waals surface area contributed by atoms with Gasteiger partial charge in [0.2, 0.25) is 5.91 Å². The molecule has 1 fully saturated rings. The number of nitrogens with zero attached hydrogens (tertiary/aromatic N) is 3. The Balaban J connectivity index is 1.59. The highest BCUT2D eigenvalue weighted by molar-refractivity contribution is 5.95. The summed E-state index contributed by atoms with van der Waals surface area (Å²) in [6, 6.07) is 9.40. The van der Waals surface area contributed by atoms with Crippen molar-refractivity contribution in [3.8, 4) is 0 Å². The fraction of sp³-hybridized carbons (Fsp3) is 0.381. The summed E-state index contributed by atoms with van der Waals surface area (Å²) in [6.45, 7) is 6.74. The Morgan fingerprint density at radius 2 is 1.64 bits per heavy atom. The first-order valence-corrected chi connectivity index (χ1v) is 9.69. The van der Waals surface area contributed by atoms with Crippen LogP contribution in [0.25, 0.3) is 0 Å².